The largest absolute Gasteiger partial charge is 0.488 e. The second kappa shape index (κ2) is 6.62. The molecule has 21 heavy (non-hydrogen) atoms. The van der Waals surface area contributed by atoms with Crippen molar-refractivity contribution in [1.82, 2.24) is 0 Å². The summed E-state index contributed by atoms with van der Waals surface area (Å²) in [4.78, 5) is 23.4. The van der Waals surface area contributed by atoms with Crippen LogP contribution in [0.3, 0.4) is 0 Å². The Bertz CT molecular complexity index is 567. The fourth-order valence-electron chi connectivity index (χ4n) is 2.56. The molecule has 0 radical (unpaired) electrons. The Labute approximate surface area is 122 Å². The van der Waals surface area contributed by atoms with Crippen LogP contribution in [0.4, 0.5) is 5.69 Å². The average Bonchev–Trinajstić information content (AvgIpc) is 2.93. The fraction of sp³-hybridized carbons (Fsp3) is 0.571. The Morgan fingerprint density at radius 2 is 2.10 bits per heavy atom. The summed E-state index contributed by atoms with van der Waals surface area (Å²) in [6.07, 6.45) is 2.95. The van der Waals surface area contributed by atoms with Crippen molar-refractivity contribution in [3.8, 4) is 5.75 Å². The smallest absolute Gasteiger partial charge is 0.381 e. The van der Waals surface area contributed by atoms with E-state index in [1.54, 1.807) is 7.11 Å². The van der Waals surface area contributed by atoms with Crippen LogP contribution in [0, 0.1) is 0 Å². The third-order valence-electron chi connectivity index (χ3n) is 3.60. The highest BCUT2D eigenvalue weighted by molar-refractivity contribution is 5.87. The van der Waals surface area contributed by atoms with Crippen LogP contribution in [0.15, 0.2) is 15.3 Å². The number of esters is 1. The van der Waals surface area contributed by atoms with Crippen molar-refractivity contribution in [2.24, 2.45) is 0 Å². The zero-order valence-corrected chi connectivity index (χ0v) is 12.3. The number of rotatable bonds is 5. The molecule has 1 saturated carbocycles. The van der Waals surface area contributed by atoms with Gasteiger partial charge >= 0.3 is 11.6 Å². The van der Waals surface area contributed by atoms with E-state index in [2.05, 4.69) is 10.1 Å². The fourth-order valence-corrected chi connectivity index (χ4v) is 2.56. The van der Waals surface area contributed by atoms with Gasteiger partial charge in [-0.15, -0.1) is 0 Å². The topological polar surface area (TPSA) is 87.0 Å². The van der Waals surface area contributed by atoms with Crippen LogP contribution in [-0.2, 0) is 9.47 Å². The van der Waals surface area contributed by atoms with Gasteiger partial charge < -0.3 is 23.9 Å². The van der Waals surface area contributed by atoms with Crippen molar-refractivity contribution in [3.63, 3.8) is 0 Å². The summed E-state index contributed by atoms with van der Waals surface area (Å²) in [6.45, 7) is 0. The standard InChI is InChI=1S/C14H19NO6/c1-18-10-6-4-5-8(10)15-9-7-11(13(16)20-3)21-14(17)12(9)19-2/h7-8,10,15H,4-6H2,1-3H3/t8?,10-/m1/s1. The van der Waals surface area contributed by atoms with Crippen LogP contribution >= 0.6 is 0 Å². The molecule has 2 rings (SSSR count). The SMILES string of the molecule is COC(=O)c1cc(NC2CCC[C@H]2OC)c(OC)c(=O)o1. The number of hydrogen-bond acceptors (Lipinski definition) is 7. The van der Waals surface area contributed by atoms with Gasteiger partial charge in [0, 0.05) is 13.2 Å². The molecule has 0 amide bonds. The highest BCUT2D eigenvalue weighted by atomic mass is 16.5. The maximum absolute atomic E-state index is 11.9. The van der Waals surface area contributed by atoms with Gasteiger partial charge in [-0.1, -0.05) is 0 Å². The molecule has 1 aromatic heterocycles. The van der Waals surface area contributed by atoms with E-state index < -0.39 is 11.6 Å². The number of hydrogen-bond donors (Lipinski definition) is 1. The maximum atomic E-state index is 11.9. The molecular formula is C14H19NO6. The Balaban J connectivity index is 2.34. The first-order valence-corrected chi connectivity index (χ1v) is 6.70. The van der Waals surface area contributed by atoms with Gasteiger partial charge in [0.05, 0.1) is 32.1 Å². The highest BCUT2D eigenvalue weighted by Gasteiger charge is 2.29. The molecule has 116 valence electrons. The van der Waals surface area contributed by atoms with Gasteiger partial charge in [-0.25, -0.2) is 9.59 Å². The normalized spacial score (nSPS) is 21.1. The van der Waals surface area contributed by atoms with Gasteiger partial charge in [-0.05, 0) is 19.3 Å². The Kier molecular flexibility index (Phi) is 4.85. The van der Waals surface area contributed by atoms with Crippen molar-refractivity contribution in [3.05, 3.63) is 22.2 Å². The molecule has 1 heterocycles. The maximum Gasteiger partial charge on any atom is 0.381 e. The van der Waals surface area contributed by atoms with Crippen molar-refractivity contribution in [2.75, 3.05) is 26.6 Å². The molecule has 0 saturated heterocycles. The number of carbonyl (C=O) groups excluding carboxylic acids is 1. The molecule has 1 N–H and O–H groups in total. The van der Waals surface area contributed by atoms with Gasteiger partial charge in [-0.2, -0.15) is 0 Å². The van der Waals surface area contributed by atoms with E-state index in [0.29, 0.717) is 5.69 Å². The lowest BCUT2D eigenvalue weighted by atomic mass is 10.2. The van der Waals surface area contributed by atoms with Crippen LogP contribution in [0.5, 0.6) is 5.75 Å². The van der Waals surface area contributed by atoms with Crippen LogP contribution < -0.4 is 15.7 Å². The van der Waals surface area contributed by atoms with E-state index in [1.165, 1.54) is 20.3 Å². The van der Waals surface area contributed by atoms with E-state index in [4.69, 9.17) is 13.9 Å². The molecule has 0 aliphatic heterocycles. The average molecular weight is 297 g/mol. The van der Waals surface area contributed by atoms with E-state index in [9.17, 15) is 9.59 Å². The molecule has 1 aromatic rings. The Hall–Kier alpha value is -2.02. The van der Waals surface area contributed by atoms with Crippen LogP contribution in [0.25, 0.3) is 0 Å². The van der Waals surface area contributed by atoms with Gasteiger partial charge in [0.25, 0.3) is 0 Å². The van der Waals surface area contributed by atoms with Crippen molar-refractivity contribution in [1.29, 1.82) is 0 Å². The molecular weight excluding hydrogens is 278 g/mol. The van der Waals surface area contributed by atoms with E-state index in [0.717, 1.165) is 19.3 Å². The van der Waals surface area contributed by atoms with Gasteiger partial charge in [-0.3, -0.25) is 0 Å². The highest BCUT2D eigenvalue weighted by Crippen LogP contribution is 2.29. The van der Waals surface area contributed by atoms with E-state index in [1.807, 2.05) is 0 Å². The van der Waals surface area contributed by atoms with Gasteiger partial charge in [0.1, 0.15) is 0 Å². The zero-order valence-electron chi connectivity index (χ0n) is 12.3. The second-order valence-electron chi connectivity index (χ2n) is 4.79. The number of nitrogens with one attached hydrogen (secondary N) is 1. The second-order valence-corrected chi connectivity index (χ2v) is 4.79. The molecule has 1 aliphatic rings. The Morgan fingerprint density at radius 1 is 1.33 bits per heavy atom. The van der Waals surface area contributed by atoms with Crippen LogP contribution in [0.2, 0.25) is 0 Å². The molecule has 1 unspecified atom stereocenters. The predicted molar refractivity (Wildman–Crippen MR) is 74.9 cm³/mol. The summed E-state index contributed by atoms with van der Waals surface area (Å²) in [5.41, 5.74) is -0.321. The van der Waals surface area contributed by atoms with Crippen LogP contribution in [0.1, 0.15) is 29.8 Å². The summed E-state index contributed by atoms with van der Waals surface area (Å²) in [5, 5.41) is 3.20. The molecule has 0 bridgehead atoms. The minimum Gasteiger partial charge on any atom is -0.488 e. The number of anilines is 1. The lowest BCUT2D eigenvalue weighted by Gasteiger charge is -2.21. The molecule has 7 heteroatoms. The molecule has 0 spiro atoms. The van der Waals surface area contributed by atoms with Gasteiger partial charge in [0.15, 0.2) is 0 Å². The number of carbonyl (C=O) groups is 1. The monoisotopic (exact) mass is 297 g/mol. The van der Waals surface area contributed by atoms with Crippen molar-refractivity contribution < 1.29 is 23.4 Å². The summed E-state index contributed by atoms with van der Waals surface area (Å²) in [7, 11) is 4.25. The first-order valence-electron chi connectivity index (χ1n) is 6.70. The molecule has 2 atom stereocenters. The minimum atomic E-state index is -0.727. The minimum absolute atomic E-state index is 0.0319. The first kappa shape index (κ1) is 15.4. The predicted octanol–water partition coefficient (Wildman–Crippen LogP) is 1.41. The number of methoxy groups -OCH3 is 3. The lowest BCUT2D eigenvalue weighted by Crippen LogP contribution is -2.30. The van der Waals surface area contributed by atoms with Crippen molar-refractivity contribution >= 4 is 11.7 Å². The molecule has 1 fully saturated rings. The summed E-state index contributed by atoms with van der Waals surface area (Å²) < 4.78 is 19.9. The van der Waals surface area contributed by atoms with Gasteiger partial charge in [0.2, 0.25) is 11.5 Å². The van der Waals surface area contributed by atoms with Crippen molar-refractivity contribution in [2.45, 2.75) is 31.4 Å². The lowest BCUT2D eigenvalue weighted by molar-refractivity contribution is 0.0559. The Morgan fingerprint density at radius 3 is 2.71 bits per heavy atom. The molecule has 1 aliphatic carbocycles. The molecule has 7 nitrogen and oxygen atoms in total. The third kappa shape index (κ3) is 3.18. The summed E-state index contributed by atoms with van der Waals surface area (Å²) in [6, 6.07) is 1.47. The summed E-state index contributed by atoms with van der Waals surface area (Å²) >= 11 is 0. The van der Waals surface area contributed by atoms with E-state index in [-0.39, 0.29) is 23.7 Å². The zero-order chi connectivity index (χ0) is 15.4. The summed E-state index contributed by atoms with van der Waals surface area (Å²) in [5.74, 6) is -0.852. The molecule has 0 aromatic carbocycles. The first-order chi connectivity index (χ1) is 10.1. The number of ether oxygens (including phenoxy) is 3. The third-order valence-corrected chi connectivity index (χ3v) is 3.60. The van der Waals surface area contributed by atoms with Crippen LogP contribution in [-0.4, -0.2) is 39.4 Å². The van der Waals surface area contributed by atoms with E-state index >= 15 is 0 Å². The quantitative estimate of drug-likeness (QED) is 0.822.